The first-order valence-electron chi connectivity index (χ1n) is 3.34. The second-order valence-electron chi connectivity index (χ2n) is 2.48. The molecule has 2 aliphatic heterocycles. The molecule has 2 N–H and O–H groups in total. The van der Waals surface area contributed by atoms with Gasteiger partial charge >= 0.3 is 5.69 Å². The van der Waals surface area contributed by atoms with E-state index in [9.17, 15) is 4.79 Å². The van der Waals surface area contributed by atoms with Gasteiger partial charge in [-0.15, -0.1) is 0 Å². The third-order valence-corrected chi connectivity index (χ3v) is 1.66. The van der Waals surface area contributed by atoms with Crippen LogP contribution in [0.25, 0.3) is 11.5 Å². The van der Waals surface area contributed by atoms with Gasteiger partial charge in [0.05, 0.1) is 0 Å². The molecule has 0 aromatic rings. The van der Waals surface area contributed by atoms with Gasteiger partial charge in [-0.2, -0.15) is 4.68 Å². The van der Waals surface area contributed by atoms with E-state index in [0.717, 1.165) is 4.68 Å². The molecule has 0 saturated heterocycles. The zero-order valence-corrected chi connectivity index (χ0v) is 6.43. The molecule has 0 bridgehead atoms. The van der Waals surface area contributed by atoms with Crippen LogP contribution in [-0.4, -0.2) is 19.2 Å². The lowest BCUT2D eigenvalue weighted by molar-refractivity contribution is 0.732. The van der Waals surface area contributed by atoms with Gasteiger partial charge in [-0.25, -0.2) is 14.8 Å². The average molecular weight is 165 g/mol. The fourth-order valence-electron chi connectivity index (χ4n) is 1.05. The number of hydrogen-bond acceptors (Lipinski definition) is 4. The molecule has 0 amide bonds. The zero-order valence-electron chi connectivity index (χ0n) is 6.43. The number of rotatable bonds is 0. The molecule has 0 atom stereocenters. The smallest absolute Gasteiger partial charge is 0.333 e. The van der Waals surface area contributed by atoms with Gasteiger partial charge in [0.25, 0.3) is 0 Å². The molecule has 0 spiro atoms. The van der Waals surface area contributed by atoms with Gasteiger partial charge in [0.2, 0.25) is 0 Å². The minimum Gasteiger partial charge on any atom is -0.333 e. The molecule has 6 heteroatoms. The number of nitrogens with zero attached hydrogens (tertiary/aromatic N) is 4. The molecule has 2 aliphatic rings. The summed E-state index contributed by atoms with van der Waals surface area (Å²) in [6.45, 7) is 0. The fourth-order valence-corrected chi connectivity index (χ4v) is 1.05. The normalized spacial score (nSPS) is 10.8. The maximum atomic E-state index is 11.2. The number of fused-ring (bicyclic) bond motifs is 1. The summed E-state index contributed by atoms with van der Waals surface area (Å²) in [7, 11) is 1.61. The van der Waals surface area contributed by atoms with Crippen LogP contribution in [0.5, 0.6) is 0 Å². The Balaban J connectivity index is 2.95. The van der Waals surface area contributed by atoms with Crippen LogP contribution in [0.2, 0.25) is 0 Å². The van der Waals surface area contributed by atoms with Crippen molar-refractivity contribution in [3.05, 3.63) is 23.0 Å². The Kier molecular flexibility index (Phi) is 1.18. The van der Waals surface area contributed by atoms with E-state index in [1.54, 1.807) is 13.2 Å². The first-order chi connectivity index (χ1) is 5.70. The minimum absolute atomic E-state index is 0.317. The van der Waals surface area contributed by atoms with Gasteiger partial charge in [0.1, 0.15) is 12.0 Å². The van der Waals surface area contributed by atoms with Crippen molar-refractivity contribution in [1.82, 2.24) is 19.2 Å². The van der Waals surface area contributed by atoms with Gasteiger partial charge in [0.15, 0.2) is 5.82 Å². The van der Waals surface area contributed by atoms with Crippen LogP contribution in [0.3, 0.4) is 0 Å². The lowest BCUT2D eigenvalue weighted by Crippen LogP contribution is -2.35. The highest BCUT2D eigenvalue weighted by atomic mass is 16.2. The number of aromatic nitrogens is 4. The summed E-state index contributed by atoms with van der Waals surface area (Å²) in [6, 6.07) is 0. The predicted molar refractivity (Wildman–Crippen MR) is 42.0 cm³/mol. The summed E-state index contributed by atoms with van der Waals surface area (Å²) >= 11 is 0. The monoisotopic (exact) mass is 165 g/mol. The van der Waals surface area contributed by atoms with Crippen molar-refractivity contribution >= 4 is 0 Å². The molecule has 2 rings (SSSR count). The van der Waals surface area contributed by atoms with E-state index >= 15 is 0 Å². The minimum atomic E-state index is -0.317. The summed E-state index contributed by atoms with van der Waals surface area (Å²) in [4.78, 5) is 19.0. The SMILES string of the molecule is Cn1cc2ncnc-2n(N)c1=O. The van der Waals surface area contributed by atoms with Gasteiger partial charge in [-0.3, -0.25) is 4.57 Å². The van der Waals surface area contributed by atoms with Crippen molar-refractivity contribution < 1.29 is 0 Å². The van der Waals surface area contributed by atoms with E-state index in [1.807, 2.05) is 0 Å². The Morgan fingerprint density at radius 1 is 1.50 bits per heavy atom. The van der Waals surface area contributed by atoms with E-state index in [4.69, 9.17) is 5.84 Å². The van der Waals surface area contributed by atoms with Gasteiger partial charge < -0.3 is 5.84 Å². The summed E-state index contributed by atoms with van der Waals surface area (Å²) in [6.07, 6.45) is 2.96. The quantitative estimate of drug-likeness (QED) is 0.497. The van der Waals surface area contributed by atoms with E-state index in [2.05, 4.69) is 9.97 Å². The van der Waals surface area contributed by atoms with Crippen LogP contribution in [0, 0.1) is 0 Å². The number of hydrogen-bond donors (Lipinski definition) is 1. The molecular weight excluding hydrogens is 158 g/mol. The summed E-state index contributed by atoms with van der Waals surface area (Å²) in [5.41, 5.74) is 0.294. The topological polar surface area (TPSA) is 78.7 Å². The third-order valence-electron chi connectivity index (χ3n) is 1.66. The highest BCUT2D eigenvalue weighted by Gasteiger charge is 2.11. The van der Waals surface area contributed by atoms with Crippen LogP contribution in [0.15, 0.2) is 17.3 Å². The second-order valence-corrected chi connectivity index (χ2v) is 2.48. The van der Waals surface area contributed by atoms with Crippen LogP contribution in [0.1, 0.15) is 0 Å². The predicted octanol–water partition coefficient (Wildman–Crippen LogP) is -1.20. The molecule has 2 heterocycles. The largest absolute Gasteiger partial charge is 0.348 e. The Bertz CT molecular complexity index is 442. The number of aryl methyl sites for hydroxylation is 1. The summed E-state index contributed by atoms with van der Waals surface area (Å²) in [5.74, 6) is 5.85. The molecule has 6 nitrogen and oxygen atoms in total. The molecule has 0 fully saturated rings. The molecule has 0 aromatic carbocycles. The molecule has 12 heavy (non-hydrogen) atoms. The molecule has 62 valence electrons. The lowest BCUT2D eigenvalue weighted by atomic mass is 10.4. The van der Waals surface area contributed by atoms with Crippen molar-refractivity contribution in [3.8, 4) is 11.5 Å². The van der Waals surface area contributed by atoms with Crippen molar-refractivity contribution in [2.75, 3.05) is 5.84 Å². The molecular formula is C6H7N5O. The molecule has 0 saturated carbocycles. The van der Waals surface area contributed by atoms with Crippen molar-refractivity contribution in [1.29, 1.82) is 0 Å². The Hall–Kier alpha value is -1.85. The van der Waals surface area contributed by atoms with Crippen molar-refractivity contribution in [2.45, 2.75) is 0 Å². The highest BCUT2D eigenvalue weighted by Crippen LogP contribution is 2.10. The summed E-state index contributed by atoms with van der Waals surface area (Å²) < 4.78 is 2.33. The third kappa shape index (κ3) is 0.714. The van der Waals surface area contributed by atoms with Crippen LogP contribution in [-0.2, 0) is 7.05 Å². The maximum absolute atomic E-state index is 11.2. The number of imidazole rings is 1. The maximum Gasteiger partial charge on any atom is 0.348 e. The zero-order chi connectivity index (χ0) is 8.72. The molecule has 0 aromatic heterocycles. The lowest BCUT2D eigenvalue weighted by Gasteiger charge is -2.05. The second kappa shape index (κ2) is 2.07. The first-order valence-corrected chi connectivity index (χ1v) is 3.34. The van der Waals surface area contributed by atoms with Gasteiger partial charge in [-0.1, -0.05) is 0 Å². The number of nitrogens with two attached hydrogens (primary N) is 1. The molecule has 0 unspecified atom stereocenters. The van der Waals surface area contributed by atoms with E-state index in [0.29, 0.717) is 11.5 Å². The Labute approximate surface area is 67.6 Å². The molecule has 0 aliphatic carbocycles. The molecule has 0 radical (unpaired) electrons. The van der Waals surface area contributed by atoms with Gasteiger partial charge in [-0.05, 0) is 0 Å². The number of nitrogen functional groups attached to an aromatic ring is 1. The standard InChI is InChI=1S/C6H7N5O/c1-10-2-4-5(9-3-8-4)11(7)6(10)12/h2-3H,7H2,1H3. The van der Waals surface area contributed by atoms with Crippen molar-refractivity contribution in [2.24, 2.45) is 7.05 Å². The highest BCUT2D eigenvalue weighted by molar-refractivity contribution is 5.48. The van der Waals surface area contributed by atoms with Crippen LogP contribution >= 0.6 is 0 Å². The van der Waals surface area contributed by atoms with Crippen LogP contribution < -0.4 is 11.5 Å². The van der Waals surface area contributed by atoms with E-state index in [-0.39, 0.29) is 5.69 Å². The fraction of sp³-hybridized carbons (Fsp3) is 0.167. The van der Waals surface area contributed by atoms with Gasteiger partial charge in [0, 0.05) is 13.2 Å². The van der Waals surface area contributed by atoms with Crippen LogP contribution in [0.4, 0.5) is 0 Å². The van der Waals surface area contributed by atoms with Crippen molar-refractivity contribution in [3.63, 3.8) is 0 Å². The Morgan fingerprint density at radius 2 is 2.25 bits per heavy atom. The summed E-state index contributed by atoms with van der Waals surface area (Å²) in [5, 5.41) is 0. The first kappa shape index (κ1) is 6.84. The van der Waals surface area contributed by atoms with E-state index in [1.165, 1.54) is 10.9 Å². The van der Waals surface area contributed by atoms with E-state index < -0.39 is 0 Å². The Morgan fingerprint density at radius 3 is 3.00 bits per heavy atom. The average Bonchev–Trinajstić information content (AvgIpc) is 2.48.